The van der Waals surface area contributed by atoms with Crippen LogP contribution in [0.2, 0.25) is 5.15 Å². The van der Waals surface area contributed by atoms with E-state index >= 15 is 0 Å². The number of hydrogen-bond acceptors (Lipinski definition) is 4. The molecule has 0 aliphatic heterocycles. The molecule has 0 saturated carbocycles. The number of hydrogen-bond donors (Lipinski definition) is 0. The van der Waals surface area contributed by atoms with Crippen molar-refractivity contribution in [1.29, 1.82) is 0 Å². The summed E-state index contributed by atoms with van der Waals surface area (Å²) in [5.41, 5.74) is 0.796. The second-order valence-corrected chi connectivity index (χ2v) is 5.29. The molecule has 0 unspecified atom stereocenters. The summed E-state index contributed by atoms with van der Waals surface area (Å²) < 4.78 is 11.6. The Morgan fingerprint density at radius 1 is 1.14 bits per heavy atom. The third-order valence-corrected chi connectivity index (χ3v) is 3.19. The number of benzene rings is 1. The van der Waals surface area contributed by atoms with Gasteiger partial charge in [0.1, 0.15) is 11.5 Å². The number of ether oxygens (including phenoxy) is 2. The van der Waals surface area contributed by atoms with E-state index in [0.717, 1.165) is 12.0 Å². The topological polar surface area (TPSA) is 44.2 Å². The van der Waals surface area contributed by atoms with E-state index in [1.807, 2.05) is 38.1 Å². The molecule has 2 aromatic rings. The predicted molar refractivity (Wildman–Crippen MR) is 83.4 cm³/mol. The highest BCUT2D eigenvalue weighted by atomic mass is 35.5. The van der Waals surface area contributed by atoms with Crippen LogP contribution in [0.25, 0.3) is 0 Å². The molecule has 0 radical (unpaired) electrons. The maximum Gasteiger partial charge on any atom is 0.227 e. The van der Waals surface area contributed by atoms with Crippen molar-refractivity contribution in [2.75, 3.05) is 6.61 Å². The Morgan fingerprint density at radius 3 is 2.52 bits per heavy atom. The number of aromatic nitrogens is 2. The van der Waals surface area contributed by atoms with Gasteiger partial charge in [-0.2, -0.15) is 0 Å². The molecule has 0 saturated heterocycles. The fourth-order valence-electron chi connectivity index (χ4n) is 1.90. The Kier molecular flexibility index (Phi) is 5.39. The van der Waals surface area contributed by atoms with Crippen LogP contribution < -0.4 is 9.47 Å². The predicted octanol–water partition coefficient (Wildman–Crippen LogP) is 4.83. The van der Waals surface area contributed by atoms with Gasteiger partial charge in [0.15, 0.2) is 11.5 Å². The third-order valence-electron chi connectivity index (χ3n) is 2.89. The van der Waals surface area contributed by atoms with Crippen molar-refractivity contribution >= 4 is 11.6 Å². The fraction of sp³-hybridized carbons (Fsp3) is 0.375. The zero-order chi connectivity index (χ0) is 15.2. The SMILES string of the molecule is CCCOc1ccccc1Oc1ncnc(Cl)c1C(C)C. The van der Waals surface area contributed by atoms with E-state index in [9.17, 15) is 0 Å². The molecule has 21 heavy (non-hydrogen) atoms. The molecular weight excluding hydrogens is 288 g/mol. The van der Waals surface area contributed by atoms with E-state index in [4.69, 9.17) is 21.1 Å². The fourth-order valence-corrected chi connectivity index (χ4v) is 2.24. The minimum atomic E-state index is 0.164. The molecule has 5 heteroatoms. The Hall–Kier alpha value is -1.81. The third kappa shape index (κ3) is 3.85. The molecule has 0 aliphatic carbocycles. The van der Waals surface area contributed by atoms with Gasteiger partial charge < -0.3 is 9.47 Å². The molecule has 0 bridgehead atoms. The maximum absolute atomic E-state index is 6.15. The van der Waals surface area contributed by atoms with Gasteiger partial charge in [-0.05, 0) is 24.5 Å². The smallest absolute Gasteiger partial charge is 0.227 e. The summed E-state index contributed by atoms with van der Waals surface area (Å²) in [5.74, 6) is 1.96. The molecule has 2 rings (SSSR count). The highest BCUT2D eigenvalue weighted by Crippen LogP contribution is 2.36. The molecule has 1 aromatic carbocycles. The lowest BCUT2D eigenvalue weighted by Crippen LogP contribution is -2.02. The molecule has 1 aromatic heterocycles. The van der Waals surface area contributed by atoms with Crippen molar-refractivity contribution in [3.8, 4) is 17.4 Å². The summed E-state index contributed by atoms with van der Waals surface area (Å²) in [6.07, 6.45) is 2.34. The van der Waals surface area contributed by atoms with Crippen LogP contribution in [-0.4, -0.2) is 16.6 Å². The summed E-state index contributed by atoms with van der Waals surface area (Å²) in [6, 6.07) is 7.54. The second-order valence-electron chi connectivity index (χ2n) is 4.94. The second kappa shape index (κ2) is 7.27. The average Bonchev–Trinajstić information content (AvgIpc) is 2.46. The molecule has 1 heterocycles. The Morgan fingerprint density at radius 2 is 1.86 bits per heavy atom. The molecule has 0 spiro atoms. The first-order chi connectivity index (χ1) is 10.1. The average molecular weight is 307 g/mol. The van der Waals surface area contributed by atoms with Crippen molar-refractivity contribution in [1.82, 2.24) is 9.97 Å². The summed E-state index contributed by atoms with van der Waals surface area (Å²) in [5, 5.41) is 0.418. The van der Waals surface area contributed by atoms with E-state index in [1.54, 1.807) is 0 Å². The normalized spacial score (nSPS) is 10.7. The van der Waals surface area contributed by atoms with Crippen LogP contribution in [0.1, 0.15) is 38.7 Å². The first-order valence-corrected chi connectivity index (χ1v) is 7.41. The monoisotopic (exact) mass is 306 g/mol. The van der Waals surface area contributed by atoms with Gasteiger partial charge in [0, 0.05) is 0 Å². The van der Waals surface area contributed by atoms with Gasteiger partial charge in [-0.1, -0.05) is 44.5 Å². The Labute approximate surface area is 130 Å². The van der Waals surface area contributed by atoms with Crippen molar-refractivity contribution < 1.29 is 9.47 Å². The van der Waals surface area contributed by atoms with Gasteiger partial charge >= 0.3 is 0 Å². The summed E-state index contributed by atoms with van der Waals surface area (Å²) in [7, 11) is 0. The first-order valence-electron chi connectivity index (χ1n) is 7.03. The minimum absolute atomic E-state index is 0.164. The zero-order valence-corrected chi connectivity index (χ0v) is 13.2. The van der Waals surface area contributed by atoms with Crippen molar-refractivity contribution in [3.63, 3.8) is 0 Å². The van der Waals surface area contributed by atoms with Gasteiger partial charge in [-0.3, -0.25) is 0 Å². The lowest BCUT2D eigenvalue weighted by atomic mass is 10.1. The Balaban J connectivity index is 2.32. The van der Waals surface area contributed by atoms with Gasteiger partial charge in [0.05, 0.1) is 12.2 Å². The van der Waals surface area contributed by atoms with Gasteiger partial charge in [-0.15, -0.1) is 0 Å². The lowest BCUT2D eigenvalue weighted by molar-refractivity contribution is 0.300. The molecule has 0 amide bonds. The molecular formula is C16H19ClN2O2. The highest BCUT2D eigenvalue weighted by molar-refractivity contribution is 6.30. The quantitative estimate of drug-likeness (QED) is 0.717. The Bertz CT molecular complexity index is 603. The van der Waals surface area contributed by atoms with Crippen molar-refractivity contribution in [2.45, 2.75) is 33.1 Å². The summed E-state index contributed by atoms with van der Waals surface area (Å²) in [4.78, 5) is 8.22. The van der Waals surface area contributed by atoms with Crippen LogP contribution in [0.15, 0.2) is 30.6 Å². The molecule has 4 nitrogen and oxygen atoms in total. The van der Waals surface area contributed by atoms with E-state index < -0.39 is 0 Å². The first kappa shape index (κ1) is 15.6. The molecule has 112 valence electrons. The molecule has 0 aliphatic rings. The molecule has 0 N–H and O–H groups in total. The number of halogens is 1. The maximum atomic E-state index is 6.15. The van der Waals surface area contributed by atoms with Gasteiger partial charge in [-0.25, -0.2) is 9.97 Å². The molecule has 0 atom stereocenters. The van der Waals surface area contributed by atoms with Crippen LogP contribution in [0.4, 0.5) is 0 Å². The van der Waals surface area contributed by atoms with Crippen LogP contribution in [0, 0.1) is 0 Å². The van der Waals surface area contributed by atoms with Crippen LogP contribution in [-0.2, 0) is 0 Å². The van der Waals surface area contributed by atoms with Gasteiger partial charge in [0.2, 0.25) is 5.88 Å². The van der Waals surface area contributed by atoms with E-state index in [2.05, 4.69) is 16.9 Å². The highest BCUT2D eigenvalue weighted by Gasteiger charge is 2.17. The summed E-state index contributed by atoms with van der Waals surface area (Å²) in [6.45, 7) is 6.75. The van der Waals surface area contributed by atoms with Crippen LogP contribution in [0.3, 0.4) is 0 Å². The van der Waals surface area contributed by atoms with E-state index in [0.29, 0.717) is 29.1 Å². The van der Waals surface area contributed by atoms with Crippen LogP contribution in [0.5, 0.6) is 17.4 Å². The van der Waals surface area contributed by atoms with E-state index in [1.165, 1.54) is 6.33 Å². The minimum Gasteiger partial charge on any atom is -0.490 e. The largest absolute Gasteiger partial charge is 0.490 e. The number of para-hydroxylation sites is 2. The van der Waals surface area contributed by atoms with Crippen LogP contribution >= 0.6 is 11.6 Å². The molecule has 0 fully saturated rings. The van der Waals surface area contributed by atoms with E-state index in [-0.39, 0.29) is 5.92 Å². The van der Waals surface area contributed by atoms with Crippen molar-refractivity contribution in [2.24, 2.45) is 0 Å². The lowest BCUT2D eigenvalue weighted by Gasteiger charge is -2.15. The standard InChI is InChI=1S/C16H19ClN2O2/c1-4-9-20-12-7-5-6-8-13(12)21-16-14(11(2)3)15(17)18-10-19-16/h5-8,10-11H,4,9H2,1-3H3. The van der Waals surface area contributed by atoms with Crippen molar-refractivity contribution in [3.05, 3.63) is 41.3 Å². The number of nitrogens with zero attached hydrogens (tertiary/aromatic N) is 2. The summed E-state index contributed by atoms with van der Waals surface area (Å²) >= 11 is 6.15. The zero-order valence-electron chi connectivity index (χ0n) is 12.5. The number of rotatable bonds is 6. The van der Waals surface area contributed by atoms with Gasteiger partial charge in [0.25, 0.3) is 0 Å².